The molecule has 0 aliphatic heterocycles. The van der Waals surface area contributed by atoms with Gasteiger partial charge in [0.1, 0.15) is 0 Å². The van der Waals surface area contributed by atoms with E-state index >= 15 is 0 Å². The second kappa shape index (κ2) is 6.01. The molecule has 1 heterocycles. The SMILES string of the molecule is Cc1ccsc1CNC(=O)C1(C(N)=S)CCCCC1. The average molecular weight is 296 g/mol. The lowest BCUT2D eigenvalue weighted by Crippen LogP contribution is -2.49. The maximum Gasteiger partial charge on any atom is 0.233 e. The molecule has 1 aliphatic carbocycles. The molecule has 1 fully saturated rings. The van der Waals surface area contributed by atoms with Gasteiger partial charge in [-0.05, 0) is 36.8 Å². The van der Waals surface area contributed by atoms with E-state index in [4.69, 9.17) is 18.0 Å². The first-order valence-electron chi connectivity index (χ1n) is 6.67. The Balaban J connectivity index is 2.04. The Hall–Kier alpha value is -0.940. The van der Waals surface area contributed by atoms with Crippen LogP contribution in [-0.4, -0.2) is 10.9 Å². The van der Waals surface area contributed by atoms with E-state index in [-0.39, 0.29) is 5.91 Å². The van der Waals surface area contributed by atoms with E-state index < -0.39 is 5.41 Å². The molecule has 0 bridgehead atoms. The molecule has 1 saturated carbocycles. The summed E-state index contributed by atoms with van der Waals surface area (Å²) in [6, 6.07) is 2.07. The van der Waals surface area contributed by atoms with Gasteiger partial charge in [-0.2, -0.15) is 0 Å². The molecular formula is C14H20N2OS2. The summed E-state index contributed by atoms with van der Waals surface area (Å²) in [5.41, 5.74) is 6.46. The lowest BCUT2D eigenvalue weighted by atomic mass is 9.73. The van der Waals surface area contributed by atoms with Gasteiger partial charge in [-0.25, -0.2) is 0 Å². The van der Waals surface area contributed by atoms with E-state index in [1.165, 1.54) is 16.9 Å². The number of aryl methyl sites for hydroxylation is 1. The molecule has 0 atom stereocenters. The highest BCUT2D eigenvalue weighted by Gasteiger charge is 2.42. The van der Waals surface area contributed by atoms with Gasteiger partial charge in [0, 0.05) is 4.88 Å². The van der Waals surface area contributed by atoms with Crippen LogP contribution in [0.1, 0.15) is 42.5 Å². The summed E-state index contributed by atoms with van der Waals surface area (Å²) in [7, 11) is 0. The van der Waals surface area contributed by atoms with E-state index in [0.29, 0.717) is 11.5 Å². The largest absolute Gasteiger partial charge is 0.392 e. The third-order valence-corrected chi connectivity index (χ3v) is 5.40. The van der Waals surface area contributed by atoms with E-state index in [2.05, 4.69) is 18.3 Å². The predicted molar refractivity (Wildman–Crippen MR) is 83.2 cm³/mol. The van der Waals surface area contributed by atoms with E-state index in [1.54, 1.807) is 11.3 Å². The van der Waals surface area contributed by atoms with Crippen molar-refractivity contribution in [3.8, 4) is 0 Å². The molecule has 0 radical (unpaired) electrons. The highest BCUT2D eigenvalue weighted by molar-refractivity contribution is 7.80. The van der Waals surface area contributed by atoms with Crippen molar-refractivity contribution in [1.82, 2.24) is 5.32 Å². The van der Waals surface area contributed by atoms with Gasteiger partial charge in [0.15, 0.2) is 0 Å². The lowest BCUT2D eigenvalue weighted by molar-refractivity contribution is -0.129. The van der Waals surface area contributed by atoms with Gasteiger partial charge in [0.05, 0.1) is 16.9 Å². The third-order valence-electron chi connectivity index (χ3n) is 3.99. The molecule has 0 aromatic carbocycles. The highest BCUT2D eigenvalue weighted by atomic mass is 32.1. The highest BCUT2D eigenvalue weighted by Crippen LogP contribution is 2.37. The minimum absolute atomic E-state index is 0.00694. The molecular weight excluding hydrogens is 276 g/mol. The predicted octanol–water partition coefficient (Wildman–Crippen LogP) is 2.91. The molecule has 1 aromatic rings. The number of carbonyl (C=O) groups excluding carboxylic acids is 1. The van der Waals surface area contributed by atoms with Crippen LogP contribution in [0.25, 0.3) is 0 Å². The smallest absolute Gasteiger partial charge is 0.233 e. The fourth-order valence-electron chi connectivity index (χ4n) is 2.66. The third kappa shape index (κ3) is 2.98. The van der Waals surface area contributed by atoms with Crippen molar-refractivity contribution >= 4 is 34.5 Å². The Morgan fingerprint density at radius 3 is 2.68 bits per heavy atom. The van der Waals surface area contributed by atoms with Crippen LogP contribution in [0.2, 0.25) is 0 Å². The minimum Gasteiger partial charge on any atom is -0.392 e. The molecule has 1 aromatic heterocycles. The number of hydrogen-bond acceptors (Lipinski definition) is 3. The standard InChI is InChI=1S/C14H20N2OS2/c1-10-5-8-19-11(10)9-16-13(17)14(12(15)18)6-3-2-4-7-14/h5,8H,2-4,6-7,9H2,1H3,(H2,15,18)(H,16,17). The van der Waals surface area contributed by atoms with Crippen LogP contribution in [0.3, 0.4) is 0 Å². The average Bonchev–Trinajstić information content (AvgIpc) is 2.82. The van der Waals surface area contributed by atoms with Gasteiger partial charge in [0.2, 0.25) is 5.91 Å². The molecule has 0 unspecified atom stereocenters. The van der Waals surface area contributed by atoms with Crippen molar-refractivity contribution < 1.29 is 4.79 Å². The van der Waals surface area contributed by atoms with Crippen molar-refractivity contribution in [2.45, 2.75) is 45.6 Å². The number of rotatable bonds is 4. The zero-order valence-corrected chi connectivity index (χ0v) is 12.8. The van der Waals surface area contributed by atoms with E-state index in [0.717, 1.165) is 25.7 Å². The van der Waals surface area contributed by atoms with Gasteiger partial charge in [0.25, 0.3) is 0 Å². The quantitative estimate of drug-likeness (QED) is 0.840. The minimum atomic E-state index is -0.612. The van der Waals surface area contributed by atoms with Crippen LogP contribution in [0.15, 0.2) is 11.4 Å². The number of nitrogens with two attached hydrogens (primary N) is 1. The molecule has 1 amide bonds. The summed E-state index contributed by atoms with van der Waals surface area (Å²) < 4.78 is 0. The molecule has 3 nitrogen and oxygen atoms in total. The second-order valence-corrected chi connectivity index (χ2v) is 6.66. The molecule has 1 aliphatic rings. The Morgan fingerprint density at radius 2 is 2.16 bits per heavy atom. The van der Waals surface area contributed by atoms with Gasteiger partial charge in [-0.1, -0.05) is 31.5 Å². The molecule has 104 valence electrons. The first kappa shape index (κ1) is 14.5. The van der Waals surface area contributed by atoms with Crippen LogP contribution < -0.4 is 11.1 Å². The van der Waals surface area contributed by atoms with Gasteiger partial charge in [-0.3, -0.25) is 4.79 Å². The molecule has 0 saturated heterocycles. The zero-order valence-electron chi connectivity index (χ0n) is 11.2. The fourth-order valence-corrected chi connectivity index (χ4v) is 3.80. The first-order valence-corrected chi connectivity index (χ1v) is 7.96. The van der Waals surface area contributed by atoms with Gasteiger partial charge < -0.3 is 11.1 Å². The maximum absolute atomic E-state index is 12.5. The zero-order chi connectivity index (χ0) is 13.9. The van der Waals surface area contributed by atoms with Crippen LogP contribution in [-0.2, 0) is 11.3 Å². The van der Waals surface area contributed by atoms with E-state index in [1.807, 2.05) is 5.38 Å². The monoisotopic (exact) mass is 296 g/mol. The van der Waals surface area contributed by atoms with Crippen molar-refractivity contribution in [3.63, 3.8) is 0 Å². The first-order chi connectivity index (χ1) is 9.06. The number of nitrogens with one attached hydrogen (secondary N) is 1. The Bertz CT molecular complexity index is 476. The van der Waals surface area contributed by atoms with Gasteiger partial charge in [-0.15, -0.1) is 11.3 Å². The summed E-state index contributed by atoms with van der Waals surface area (Å²) in [5.74, 6) is 0.00694. The molecule has 0 spiro atoms. The van der Waals surface area contributed by atoms with Crippen molar-refractivity contribution in [2.75, 3.05) is 0 Å². The second-order valence-electron chi connectivity index (χ2n) is 5.22. The van der Waals surface area contributed by atoms with Crippen molar-refractivity contribution in [2.24, 2.45) is 11.1 Å². The lowest BCUT2D eigenvalue weighted by Gasteiger charge is -2.34. The number of carbonyl (C=O) groups is 1. The maximum atomic E-state index is 12.5. The fraction of sp³-hybridized carbons (Fsp3) is 0.571. The molecule has 5 heteroatoms. The number of thiophene rings is 1. The Kier molecular flexibility index (Phi) is 4.58. The number of thiocarbonyl (C=S) groups is 1. The Morgan fingerprint density at radius 1 is 1.47 bits per heavy atom. The summed E-state index contributed by atoms with van der Waals surface area (Å²) in [6.07, 6.45) is 4.81. The topological polar surface area (TPSA) is 55.1 Å². The summed E-state index contributed by atoms with van der Waals surface area (Å²) in [5, 5.41) is 5.06. The normalized spacial score (nSPS) is 17.9. The van der Waals surface area contributed by atoms with Crippen molar-refractivity contribution in [1.29, 1.82) is 0 Å². The van der Waals surface area contributed by atoms with E-state index in [9.17, 15) is 4.79 Å². The molecule has 19 heavy (non-hydrogen) atoms. The molecule has 2 rings (SSSR count). The molecule has 3 N–H and O–H groups in total. The van der Waals surface area contributed by atoms with Crippen molar-refractivity contribution in [3.05, 3.63) is 21.9 Å². The van der Waals surface area contributed by atoms with Crippen LogP contribution >= 0.6 is 23.6 Å². The number of hydrogen-bond donors (Lipinski definition) is 2. The van der Waals surface area contributed by atoms with Crippen LogP contribution in [0.5, 0.6) is 0 Å². The van der Waals surface area contributed by atoms with Crippen LogP contribution in [0, 0.1) is 12.3 Å². The summed E-state index contributed by atoms with van der Waals surface area (Å²) in [4.78, 5) is 14.0. The van der Waals surface area contributed by atoms with Gasteiger partial charge >= 0.3 is 0 Å². The summed E-state index contributed by atoms with van der Waals surface area (Å²) in [6.45, 7) is 2.63. The summed E-state index contributed by atoms with van der Waals surface area (Å²) >= 11 is 6.83. The van der Waals surface area contributed by atoms with Crippen LogP contribution in [0.4, 0.5) is 0 Å². The Labute approximate surface area is 123 Å². The number of amides is 1.